The second kappa shape index (κ2) is 8.11. The number of hydrogen-bond donors (Lipinski definition) is 0. The van der Waals surface area contributed by atoms with Gasteiger partial charge in [0.15, 0.2) is 0 Å². The number of likely N-dealkylation sites (tertiary alicyclic amines) is 1. The minimum absolute atomic E-state index is 0.200. The summed E-state index contributed by atoms with van der Waals surface area (Å²) in [4.78, 5) is 17.3. The summed E-state index contributed by atoms with van der Waals surface area (Å²) in [5.74, 6) is 0.0623. The van der Waals surface area contributed by atoms with Crippen molar-refractivity contribution in [3.05, 3.63) is 35.6 Å². The summed E-state index contributed by atoms with van der Waals surface area (Å²) in [6.45, 7) is 4.34. The van der Waals surface area contributed by atoms with E-state index in [9.17, 15) is 9.18 Å². The molecule has 1 unspecified atom stereocenters. The van der Waals surface area contributed by atoms with E-state index in [4.69, 9.17) is 0 Å². The average Bonchev–Trinajstić information content (AvgIpc) is 3.05. The molecule has 0 spiro atoms. The van der Waals surface area contributed by atoms with Gasteiger partial charge in [-0.3, -0.25) is 9.69 Å². The molecule has 1 aromatic carbocycles. The number of hydrogen-bond acceptors (Lipinski definition) is 2. The van der Waals surface area contributed by atoms with Gasteiger partial charge in [0.25, 0.3) is 0 Å². The van der Waals surface area contributed by atoms with Crippen molar-refractivity contribution < 1.29 is 9.18 Å². The van der Waals surface area contributed by atoms with Gasteiger partial charge in [0.1, 0.15) is 5.82 Å². The third-order valence-electron chi connectivity index (χ3n) is 5.63. The van der Waals surface area contributed by atoms with Crippen molar-refractivity contribution in [3.8, 4) is 0 Å². The number of nitrogens with zero attached hydrogens (tertiary/aromatic N) is 2. The van der Waals surface area contributed by atoms with Crippen molar-refractivity contribution in [2.24, 2.45) is 0 Å². The smallest absolute Gasteiger partial charge is 0.237 e. The third kappa shape index (κ3) is 3.97. The highest BCUT2D eigenvalue weighted by Gasteiger charge is 2.31. The zero-order valence-electron chi connectivity index (χ0n) is 14.7. The fraction of sp³-hybridized carbons (Fsp3) is 0.650. The first-order valence-corrected chi connectivity index (χ1v) is 9.48. The molecule has 1 saturated heterocycles. The SMILES string of the molecule is CCN(C(=O)CN1CCCC1c1ccc(F)cc1)C1CCCCC1. The zero-order chi connectivity index (χ0) is 16.9. The average molecular weight is 332 g/mol. The maximum atomic E-state index is 13.2. The van der Waals surface area contributed by atoms with E-state index in [1.165, 1.54) is 31.4 Å². The highest BCUT2D eigenvalue weighted by atomic mass is 19.1. The number of carbonyl (C=O) groups is 1. The van der Waals surface area contributed by atoms with Gasteiger partial charge in [0.05, 0.1) is 6.54 Å². The van der Waals surface area contributed by atoms with Crippen LogP contribution in [0.5, 0.6) is 0 Å². The Morgan fingerprint density at radius 2 is 1.83 bits per heavy atom. The molecule has 0 aromatic heterocycles. The molecule has 1 aromatic rings. The lowest BCUT2D eigenvalue weighted by Gasteiger charge is -2.35. The molecular weight excluding hydrogens is 303 g/mol. The third-order valence-corrected chi connectivity index (χ3v) is 5.63. The number of rotatable bonds is 5. The van der Waals surface area contributed by atoms with Crippen LogP contribution in [0.4, 0.5) is 4.39 Å². The molecule has 0 radical (unpaired) electrons. The van der Waals surface area contributed by atoms with Crippen molar-refractivity contribution in [2.45, 2.75) is 64.0 Å². The molecule has 0 bridgehead atoms. The van der Waals surface area contributed by atoms with E-state index in [0.29, 0.717) is 12.6 Å². The molecule has 1 heterocycles. The van der Waals surface area contributed by atoms with Crippen LogP contribution in [0, 0.1) is 5.82 Å². The minimum Gasteiger partial charge on any atom is -0.339 e. The normalized spacial score (nSPS) is 22.7. The van der Waals surface area contributed by atoms with Crippen LogP contribution in [0.2, 0.25) is 0 Å². The van der Waals surface area contributed by atoms with E-state index < -0.39 is 0 Å². The first kappa shape index (κ1) is 17.4. The summed E-state index contributed by atoms with van der Waals surface area (Å²) in [5.41, 5.74) is 1.13. The molecule has 3 nitrogen and oxygen atoms in total. The number of likely N-dealkylation sites (N-methyl/N-ethyl adjacent to an activating group) is 1. The number of carbonyl (C=O) groups excluding carboxylic acids is 1. The van der Waals surface area contributed by atoms with Crippen LogP contribution in [-0.2, 0) is 4.79 Å². The van der Waals surface area contributed by atoms with E-state index in [2.05, 4.69) is 16.7 Å². The summed E-state index contributed by atoms with van der Waals surface area (Å²) < 4.78 is 13.2. The monoisotopic (exact) mass is 332 g/mol. The molecule has 1 amide bonds. The predicted molar refractivity (Wildman–Crippen MR) is 94.2 cm³/mol. The van der Waals surface area contributed by atoms with Crippen LogP contribution in [0.3, 0.4) is 0 Å². The van der Waals surface area contributed by atoms with Gasteiger partial charge >= 0.3 is 0 Å². The Hall–Kier alpha value is -1.42. The molecular formula is C20H29FN2O. The van der Waals surface area contributed by atoms with Crippen LogP contribution in [0.15, 0.2) is 24.3 Å². The van der Waals surface area contributed by atoms with Crippen molar-refractivity contribution in [1.29, 1.82) is 0 Å². The molecule has 24 heavy (non-hydrogen) atoms. The summed E-state index contributed by atoms with van der Waals surface area (Å²) in [5, 5.41) is 0. The van der Waals surface area contributed by atoms with Gasteiger partial charge in [-0.15, -0.1) is 0 Å². The summed E-state index contributed by atoms with van der Waals surface area (Å²) in [7, 11) is 0. The van der Waals surface area contributed by atoms with Crippen molar-refractivity contribution in [1.82, 2.24) is 9.80 Å². The van der Waals surface area contributed by atoms with Crippen molar-refractivity contribution in [3.63, 3.8) is 0 Å². The molecule has 1 atom stereocenters. The summed E-state index contributed by atoms with van der Waals surface area (Å²) in [6.07, 6.45) is 8.26. The van der Waals surface area contributed by atoms with Crippen LogP contribution in [-0.4, -0.2) is 41.4 Å². The Morgan fingerprint density at radius 1 is 1.12 bits per heavy atom. The van der Waals surface area contributed by atoms with E-state index >= 15 is 0 Å². The van der Waals surface area contributed by atoms with Gasteiger partial charge in [0.2, 0.25) is 5.91 Å². The summed E-state index contributed by atoms with van der Waals surface area (Å²) >= 11 is 0. The van der Waals surface area contributed by atoms with E-state index in [1.54, 1.807) is 0 Å². The van der Waals surface area contributed by atoms with Gasteiger partial charge in [-0.05, 0) is 56.8 Å². The largest absolute Gasteiger partial charge is 0.339 e. The van der Waals surface area contributed by atoms with E-state index in [-0.39, 0.29) is 17.8 Å². The number of amides is 1. The first-order chi connectivity index (χ1) is 11.7. The molecule has 1 aliphatic heterocycles. The predicted octanol–water partition coefficient (Wildman–Crippen LogP) is 4.14. The topological polar surface area (TPSA) is 23.6 Å². The lowest BCUT2D eigenvalue weighted by molar-refractivity contribution is -0.135. The maximum absolute atomic E-state index is 13.2. The second-order valence-corrected chi connectivity index (χ2v) is 7.15. The van der Waals surface area contributed by atoms with Crippen molar-refractivity contribution >= 4 is 5.91 Å². The number of benzene rings is 1. The van der Waals surface area contributed by atoms with E-state index in [1.807, 2.05) is 12.1 Å². The highest BCUT2D eigenvalue weighted by Crippen LogP contribution is 2.32. The van der Waals surface area contributed by atoms with Gasteiger partial charge in [-0.2, -0.15) is 0 Å². The molecule has 3 rings (SSSR count). The molecule has 4 heteroatoms. The Morgan fingerprint density at radius 3 is 2.50 bits per heavy atom. The standard InChI is InChI=1S/C20H29FN2O/c1-2-23(18-7-4-3-5-8-18)20(24)15-22-14-6-9-19(22)16-10-12-17(21)13-11-16/h10-13,18-19H,2-9,14-15H2,1H3. The molecule has 1 saturated carbocycles. The van der Waals surface area contributed by atoms with Crippen LogP contribution >= 0.6 is 0 Å². The molecule has 2 fully saturated rings. The Kier molecular flexibility index (Phi) is 5.88. The highest BCUT2D eigenvalue weighted by molar-refractivity contribution is 5.78. The minimum atomic E-state index is -0.200. The lowest BCUT2D eigenvalue weighted by atomic mass is 9.94. The first-order valence-electron chi connectivity index (χ1n) is 9.48. The van der Waals surface area contributed by atoms with Crippen LogP contribution in [0.1, 0.15) is 63.5 Å². The van der Waals surface area contributed by atoms with E-state index in [0.717, 1.165) is 44.3 Å². The van der Waals surface area contributed by atoms with Crippen LogP contribution < -0.4 is 0 Å². The molecule has 1 aliphatic carbocycles. The van der Waals surface area contributed by atoms with Gasteiger partial charge in [0, 0.05) is 18.6 Å². The fourth-order valence-electron chi connectivity index (χ4n) is 4.37. The zero-order valence-corrected chi connectivity index (χ0v) is 14.7. The molecule has 0 N–H and O–H groups in total. The number of halogens is 1. The van der Waals surface area contributed by atoms with Gasteiger partial charge < -0.3 is 4.90 Å². The quantitative estimate of drug-likeness (QED) is 0.809. The summed E-state index contributed by atoms with van der Waals surface area (Å²) in [6, 6.07) is 7.45. The Labute approximate surface area is 144 Å². The fourth-order valence-corrected chi connectivity index (χ4v) is 4.37. The Balaban J connectivity index is 1.64. The molecule has 2 aliphatic rings. The van der Waals surface area contributed by atoms with Gasteiger partial charge in [-0.1, -0.05) is 31.4 Å². The van der Waals surface area contributed by atoms with Gasteiger partial charge in [-0.25, -0.2) is 4.39 Å². The Bertz CT molecular complexity index is 539. The second-order valence-electron chi connectivity index (χ2n) is 7.15. The lowest BCUT2D eigenvalue weighted by Crippen LogP contribution is -2.46. The van der Waals surface area contributed by atoms with Crippen LogP contribution in [0.25, 0.3) is 0 Å². The molecule has 132 valence electrons. The maximum Gasteiger partial charge on any atom is 0.237 e. The van der Waals surface area contributed by atoms with Crippen molar-refractivity contribution in [2.75, 3.05) is 19.6 Å².